The molecule has 0 unspecified atom stereocenters. The maximum absolute atomic E-state index is 13.1. The molecular weight excluding hydrogens is 455 g/mol. The molecule has 0 bridgehead atoms. The molecule has 176 valence electrons. The molecule has 1 saturated heterocycles. The van der Waals surface area contributed by atoms with Crippen LogP contribution in [-0.2, 0) is 6.18 Å². The van der Waals surface area contributed by atoms with Gasteiger partial charge in [0.05, 0.1) is 29.4 Å². The first kappa shape index (κ1) is 24.9. The lowest BCUT2D eigenvalue weighted by Crippen LogP contribution is -2.28. The second-order valence-corrected chi connectivity index (χ2v) is 8.31. The Morgan fingerprint density at radius 1 is 1.18 bits per heavy atom. The van der Waals surface area contributed by atoms with Gasteiger partial charge in [0, 0.05) is 37.0 Å². The Morgan fingerprint density at radius 3 is 2.73 bits per heavy atom. The Labute approximate surface area is 196 Å². The third kappa shape index (κ3) is 5.60. The van der Waals surface area contributed by atoms with Gasteiger partial charge in [-0.05, 0) is 49.7 Å². The SMILES string of the molecule is Cl.N#Cc1ccc2c(c1)[C@@H]1CN(CCCCNC(=O)c3ccccc3C(F)(F)F)C[C@H]1CO2. The number of benzene rings is 2. The maximum Gasteiger partial charge on any atom is 0.417 e. The summed E-state index contributed by atoms with van der Waals surface area (Å²) in [4.78, 5) is 14.6. The first-order chi connectivity index (χ1) is 15.4. The Bertz CT molecular complexity index is 1040. The van der Waals surface area contributed by atoms with Crippen LogP contribution in [0.3, 0.4) is 0 Å². The highest BCUT2D eigenvalue weighted by molar-refractivity contribution is 5.95. The predicted molar refractivity (Wildman–Crippen MR) is 120 cm³/mol. The number of halogens is 4. The summed E-state index contributed by atoms with van der Waals surface area (Å²) in [6.45, 7) is 3.63. The quantitative estimate of drug-likeness (QED) is 0.614. The number of likely N-dealkylation sites (tertiary alicyclic amines) is 1. The van der Waals surface area contributed by atoms with Gasteiger partial charge >= 0.3 is 6.18 Å². The number of nitriles is 1. The van der Waals surface area contributed by atoms with E-state index in [4.69, 9.17) is 4.74 Å². The number of nitrogens with one attached hydrogen (secondary N) is 1. The molecule has 1 N–H and O–H groups in total. The number of hydrogen-bond acceptors (Lipinski definition) is 4. The Kier molecular flexibility index (Phi) is 7.88. The van der Waals surface area contributed by atoms with Crippen molar-refractivity contribution in [3.05, 3.63) is 64.7 Å². The highest BCUT2D eigenvalue weighted by Crippen LogP contribution is 2.42. The normalized spacial score (nSPS) is 19.5. The summed E-state index contributed by atoms with van der Waals surface area (Å²) in [6, 6.07) is 12.6. The van der Waals surface area contributed by atoms with Gasteiger partial charge in [-0.25, -0.2) is 0 Å². The molecule has 0 aliphatic carbocycles. The molecule has 2 heterocycles. The fourth-order valence-electron chi connectivity index (χ4n) is 4.59. The van der Waals surface area contributed by atoms with Crippen LogP contribution >= 0.6 is 12.4 Å². The van der Waals surface area contributed by atoms with Crippen LogP contribution in [0.1, 0.15) is 45.8 Å². The van der Waals surface area contributed by atoms with Gasteiger partial charge in [0.15, 0.2) is 0 Å². The van der Waals surface area contributed by atoms with Crippen LogP contribution in [-0.4, -0.2) is 43.6 Å². The van der Waals surface area contributed by atoms with Gasteiger partial charge in [-0.2, -0.15) is 18.4 Å². The lowest BCUT2D eigenvalue weighted by molar-refractivity contribution is -0.137. The Morgan fingerprint density at radius 2 is 1.97 bits per heavy atom. The second-order valence-electron chi connectivity index (χ2n) is 8.31. The van der Waals surface area contributed by atoms with Gasteiger partial charge in [-0.15, -0.1) is 12.4 Å². The van der Waals surface area contributed by atoms with Crippen molar-refractivity contribution in [2.75, 3.05) is 32.8 Å². The summed E-state index contributed by atoms with van der Waals surface area (Å²) >= 11 is 0. The van der Waals surface area contributed by atoms with E-state index in [1.54, 1.807) is 6.07 Å². The van der Waals surface area contributed by atoms with Crippen LogP contribution in [0.5, 0.6) is 5.75 Å². The lowest BCUT2D eigenvalue weighted by Gasteiger charge is -2.27. The highest BCUT2D eigenvalue weighted by Gasteiger charge is 2.38. The molecule has 2 aliphatic rings. The van der Waals surface area contributed by atoms with Crippen LogP contribution < -0.4 is 10.1 Å². The summed E-state index contributed by atoms with van der Waals surface area (Å²) in [5.41, 5.74) is 0.464. The molecule has 33 heavy (non-hydrogen) atoms. The van der Waals surface area contributed by atoms with Crippen molar-refractivity contribution < 1.29 is 22.7 Å². The van der Waals surface area contributed by atoms with Crippen molar-refractivity contribution in [1.29, 1.82) is 5.26 Å². The van der Waals surface area contributed by atoms with Crippen LogP contribution in [0.2, 0.25) is 0 Å². The zero-order valence-corrected chi connectivity index (χ0v) is 18.7. The minimum absolute atomic E-state index is 0. The van der Waals surface area contributed by atoms with Gasteiger partial charge < -0.3 is 15.0 Å². The second kappa shape index (κ2) is 10.4. The number of rotatable bonds is 6. The number of unbranched alkanes of at least 4 members (excludes halogenated alkanes) is 1. The number of carbonyl (C=O) groups is 1. The average molecular weight is 480 g/mol. The summed E-state index contributed by atoms with van der Waals surface area (Å²) in [5.74, 6) is 0.877. The number of nitrogens with zero attached hydrogens (tertiary/aromatic N) is 2. The molecule has 0 saturated carbocycles. The summed E-state index contributed by atoms with van der Waals surface area (Å²) in [7, 11) is 0. The molecule has 2 aromatic carbocycles. The van der Waals surface area contributed by atoms with Crippen LogP contribution in [0.25, 0.3) is 0 Å². The van der Waals surface area contributed by atoms with Gasteiger partial charge in [0.25, 0.3) is 5.91 Å². The molecule has 5 nitrogen and oxygen atoms in total. The molecule has 0 aromatic heterocycles. The van der Waals surface area contributed by atoms with Crippen molar-refractivity contribution in [1.82, 2.24) is 10.2 Å². The molecule has 1 amide bonds. The van der Waals surface area contributed by atoms with E-state index >= 15 is 0 Å². The third-order valence-electron chi connectivity index (χ3n) is 6.17. The number of amides is 1. The molecule has 2 aliphatic heterocycles. The molecule has 0 radical (unpaired) electrons. The summed E-state index contributed by atoms with van der Waals surface area (Å²) in [6.07, 6.45) is -3.05. The van der Waals surface area contributed by atoms with E-state index in [0.29, 0.717) is 37.0 Å². The average Bonchev–Trinajstić information content (AvgIpc) is 3.21. The predicted octanol–water partition coefficient (Wildman–Crippen LogP) is 4.62. The number of ether oxygens (including phenoxy) is 1. The Balaban J connectivity index is 0.00000306. The molecule has 1 fully saturated rings. The smallest absolute Gasteiger partial charge is 0.417 e. The van der Waals surface area contributed by atoms with Crippen LogP contribution in [0, 0.1) is 17.2 Å². The third-order valence-corrected chi connectivity index (χ3v) is 6.17. The molecule has 4 rings (SSSR count). The number of carbonyl (C=O) groups excluding carboxylic acids is 1. The minimum atomic E-state index is -4.56. The van der Waals surface area contributed by atoms with Gasteiger partial charge in [-0.3, -0.25) is 4.79 Å². The zero-order chi connectivity index (χ0) is 22.7. The standard InChI is InChI=1S/C24H24F3N3O2.ClH/c25-24(26,27)21-6-2-1-5-18(21)23(31)29-9-3-4-10-30-13-17-15-32-22-8-7-16(12-28)11-19(22)20(17)14-30;/h1-2,5-8,11,17,20H,3-4,9-10,13-15H2,(H,29,31);1H/t17-,20+;/m0./s1. The van der Waals surface area contributed by atoms with Crippen molar-refractivity contribution in [2.24, 2.45) is 5.92 Å². The molecule has 2 atom stereocenters. The molecule has 2 aromatic rings. The van der Waals surface area contributed by atoms with E-state index in [9.17, 15) is 23.2 Å². The molecule has 0 spiro atoms. The van der Waals surface area contributed by atoms with Crippen LogP contribution in [0.15, 0.2) is 42.5 Å². The highest BCUT2D eigenvalue weighted by atomic mass is 35.5. The zero-order valence-electron chi connectivity index (χ0n) is 17.9. The first-order valence-corrected chi connectivity index (χ1v) is 10.7. The van der Waals surface area contributed by atoms with E-state index in [1.807, 2.05) is 12.1 Å². The first-order valence-electron chi connectivity index (χ1n) is 10.7. The number of hydrogen-bond donors (Lipinski definition) is 1. The molecule has 9 heteroatoms. The van der Waals surface area contributed by atoms with Gasteiger partial charge in [0.2, 0.25) is 0 Å². The van der Waals surface area contributed by atoms with Gasteiger partial charge in [0.1, 0.15) is 5.75 Å². The minimum Gasteiger partial charge on any atom is -0.493 e. The van der Waals surface area contributed by atoms with Crippen molar-refractivity contribution in [2.45, 2.75) is 24.9 Å². The van der Waals surface area contributed by atoms with E-state index in [0.717, 1.165) is 43.4 Å². The van der Waals surface area contributed by atoms with E-state index in [1.165, 1.54) is 18.2 Å². The Hall–Kier alpha value is -2.76. The lowest BCUT2D eigenvalue weighted by atomic mass is 9.86. The van der Waals surface area contributed by atoms with E-state index in [-0.39, 0.29) is 18.0 Å². The van der Waals surface area contributed by atoms with E-state index in [2.05, 4.69) is 16.3 Å². The monoisotopic (exact) mass is 479 g/mol. The number of alkyl halides is 3. The largest absolute Gasteiger partial charge is 0.493 e. The topological polar surface area (TPSA) is 65.4 Å². The summed E-state index contributed by atoms with van der Waals surface area (Å²) in [5, 5.41) is 11.8. The maximum atomic E-state index is 13.1. The summed E-state index contributed by atoms with van der Waals surface area (Å²) < 4.78 is 45.1. The van der Waals surface area contributed by atoms with Crippen molar-refractivity contribution >= 4 is 18.3 Å². The van der Waals surface area contributed by atoms with Gasteiger partial charge in [-0.1, -0.05) is 12.1 Å². The van der Waals surface area contributed by atoms with E-state index < -0.39 is 17.6 Å². The van der Waals surface area contributed by atoms with Crippen molar-refractivity contribution in [3.8, 4) is 11.8 Å². The molecular formula is C24H25ClF3N3O2. The number of fused-ring (bicyclic) bond motifs is 3. The fraction of sp³-hybridized carbons (Fsp3) is 0.417. The fourth-order valence-corrected chi connectivity index (χ4v) is 4.59. The van der Waals surface area contributed by atoms with Crippen LogP contribution in [0.4, 0.5) is 13.2 Å². The van der Waals surface area contributed by atoms with Crippen molar-refractivity contribution in [3.63, 3.8) is 0 Å².